The summed E-state index contributed by atoms with van der Waals surface area (Å²) in [5.74, 6) is -1.07. The molecule has 11 heteroatoms. The number of aliphatic hydroxyl groups is 1. The molecule has 0 unspecified atom stereocenters. The number of aromatic nitrogens is 1. The average molecular weight is 493 g/mol. The van der Waals surface area contributed by atoms with Crippen molar-refractivity contribution >= 4 is 21.8 Å². The minimum absolute atomic E-state index is 0.00667. The normalized spacial score (nSPS) is 13.5. The maximum Gasteiger partial charge on any atom is 0.268 e. The van der Waals surface area contributed by atoms with Crippen LogP contribution in [0.25, 0.3) is 0 Å². The minimum Gasteiger partial charge on any atom is -0.390 e. The van der Waals surface area contributed by atoms with Crippen LogP contribution < -0.4 is 10.7 Å². The lowest BCUT2D eigenvalue weighted by Gasteiger charge is -2.31. The van der Waals surface area contributed by atoms with Crippen LogP contribution in [0.15, 0.2) is 53.5 Å². The number of likely N-dealkylation sites (N-methyl/N-ethyl adjacent to an activating group) is 1. The second kappa shape index (κ2) is 11.9. The lowest BCUT2D eigenvalue weighted by molar-refractivity contribution is -0.129. The summed E-state index contributed by atoms with van der Waals surface area (Å²) in [5, 5.41) is 13.0. The van der Waals surface area contributed by atoms with Crippen LogP contribution in [0.4, 0.5) is 0 Å². The maximum atomic E-state index is 12.9. The van der Waals surface area contributed by atoms with Crippen LogP contribution in [0, 0.1) is 0 Å². The fourth-order valence-corrected chi connectivity index (χ4v) is 4.41. The Morgan fingerprint density at radius 1 is 1.12 bits per heavy atom. The van der Waals surface area contributed by atoms with Crippen LogP contribution in [0.5, 0.6) is 0 Å². The van der Waals surface area contributed by atoms with Gasteiger partial charge in [-0.25, -0.2) is 8.42 Å². The summed E-state index contributed by atoms with van der Waals surface area (Å²) in [6, 6.07) is 10.6. The molecule has 0 radical (unpaired) electrons. The molecule has 2 amide bonds. The van der Waals surface area contributed by atoms with Crippen LogP contribution in [0.1, 0.15) is 29.9 Å². The van der Waals surface area contributed by atoms with E-state index >= 15 is 0 Å². The quantitative estimate of drug-likeness (QED) is 0.410. The van der Waals surface area contributed by atoms with Gasteiger partial charge in [-0.2, -0.15) is 4.31 Å². The number of amides is 2. The van der Waals surface area contributed by atoms with Gasteiger partial charge in [0.2, 0.25) is 15.9 Å². The van der Waals surface area contributed by atoms with E-state index in [-0.39, 0.29) is 17.5 Å². The topological polar surface area (TPSA) is 140 Å². The van der Waals surface area contributed by atoms with Gasteiger partial charge in [0.25, 0.3) is 5.91 Å². The molecule has 1 heterocycles. The minimum atomic E-state index is -3.89. The van der Waals surface area contributed by atoms with Gasteiger partial charge in [-0.15, -0.1) is 0 Å². The number of aromatic amines is 1. The number of nitrogens with one attached hydrogen (secondary N) is 2. The van der Waals surface area contributed by atoms with Crippen molar-refractivity contribution in [1.82, 2.24) is 19.5 Å². The van der Waals surface area contributed by atoms with Crippen molar-refractivity contribution in [3.05, 3.63) is 70.1 Å². The van der Waals surface area contributed by atoms with Gasteiger partial charge in [-0.1, -0.05) is 30.3 Å². The SMILES string of the molecule is CC(C)S(=O)(=O)N(CC(=O)N(C)C)C[C@@H](O)[C@H](Cc1ccccc1)NC(=O)c1cc(=O)cc[nH]1. The first-order valence-corrected chi connectivity index (χ1v) is 12.3. The second-order valence-electron chi connectivity index (χ2n) is 8.45. The first-order chi connectivity index (χ1) is 15.9. The van der Waals surface area contributed by atoms with Gasteiger partial charge in [0.1, 0.15) is 5.69 Å². The molecule has 186 valence electrons. The summed E-state index contributed by atoms with van der Waals surface area (Å²) in [6.45, 7) is 2.14. The number of benzene rings is 1. The van der Waals surface area contributed by atoms with Crippen molar-refractivity contribution in [1.29, 1.82) is 0 Å². The molecule has 0 aliphatic carbocycles. The third-order valence-electron chi connectivity index (χ3n) is 5.25. The fourth-order valence-electron chi connectivity index (χ4n) is 3.16. The van der Waals surface area contributed by atoms with Gasteiger partial charge in [0.15, 0.2) is 5.43 Å². The van der Waals surface area contributed by atoms with Gasteiger partial charge in [-0.05, 0) is 25.8 Å². The number of nitrogens with zero attached hydrogens (tertiary/aromatic N) is 2. The Hall–Kier alpha value is -3.02. The summed E-state index contributed by atoms with van der Waals surface area (Å²) >= 11 is 0. The largest absolute Gasteiger partial charge is 0.390 e. The van der Waals surface area contributed by atoms with Crippen LogP contribution >= 0.6 is 0 Å². The Labute approximate surface area is 199 Å². The molecule has 0 spiro atoms. The third kappa shape index (κ3) is 7.51. The van der Waals surface area contributed by atoms with Crippen molar-refractivity contribution in [3.63, 3.8) is 0 Å². The van der Waals surface area contributed by atoms with E-state index in [9.17, 15) is 27.9 Å². The lowest BCUT2D eigenvalue weighted by Crippen LogP contribution is -2.53. The van der Waals surface area contributed by atoms with E-state index in [0.29, 0.717) is 0 Å². The molecule has 34 heavy (non-hydrogen) atoms. The molecule has 2 rings (SSSR count). The van der Waals surface area contributed by atoms with Crippen LogP contribution in [-0.4, -0.2) is 84.1 Å². The molecule has 0 aliphatic rings. The fraction of sp³-hybridized carbons (Fsp3) is 0.435. The number of rotatable bonds is 11. The van der Waals surface area contributed by atoms with E-state index in [4.69, 9.17) is 0 Å². The summed E-state index contributed by atoms with van der Waals surface area (Å²) < 4.78 is 26.7. The Morgan fingerprint density at radius 3 is 2.32 bits per heavy atom. The van der Waals surface area contributed by atoms with Gasteiger partial charge in [-0.3, -0.25) is 14.4 Å². The first kappa shape index (κ1) is 27.2. The molecular weight excluding hydrogens is 460 g/mol. The van der Waals surface area contributed by atoms with Crippen LogP contribution in [0.3, 0.4) is 0 Å². The number of carbonyl (C=O) groups is 2. The molecule has 3 N–H and O–H groups in total. The van der Waals surface area contributed by atoms with E-state index in [1.165, 1.54) is 45.1 Å². The molecule has 0 saturated heterocycles. The Morgan fingerprint density at radius 2 is 1.76 bits per heavy atom. The van der Waals surface area contributed by atoms with Crippen molar-refractivity contribution in [3.8, 4) is 0 Å². The number of sulfonamides is 1. The number of H-pyrrole nitrogens is 1. The molecule has 10 nitrogen and oxygen atoms in total. The third-order valence-corrected chi connectivity index (χ3v) is 7.44. The molecule has 1 aromatic carbocycles. The van der Waals surface area contributed by atoms with Crippen molar-refractivity contribution in [2.45, 2.75) is 37.7 Å². The highest BCUT2D eigenvalue weighted by Gasteiger charge is 2.33. The second-order valence-corrected chi connectivity index (χ2v) is 10.9. The van der Waals surface area contributed by atoms with Crippen molar-refractivity contribution in [2.24, 2.45) is 0 Å². The van der Waals surface area contributed by atoms with E-state index in [1.807, 2.05) is 18.2 Å². The average Bonchev–Trinajstić information content (AvgIpc) is 2.78. The predicted molar refractivity (Wildman–Crippen MR) is 129 cm³/mol. The van der Waals surface area contributed by atoms with Crippen molar-refractivity contribution < 1.29 is 23.1 Å². The molecule has 1 aromatic heterocycles. The van der Waals surface area contributed by atoms with Gasteiger partial charge in [0, 0.05) is 39.0 Å². The Balaban J connectivity index is 2.33. The highest BCUT2D eigenvalue weighted by atomic mass is 32.2. The summed E-state index contributed by atoms with van der Waals surface area (Å²) in [5.41, 5.74) is 0.448. The highest BCUT2D eigenvalue weighted by molar-refractivity contribution is 7.89. The van der Waals surface area contributed by atoms with Gasteiger partial charge in [0.05, 0.1) is 23.9 Å². The molecule has 2 aromatic rings. The Bertz CT molecular complexity index is 1130. The number of pyridine rings is 1. The zero-order chi connectivity index (χ0) is 25.5. The zero-order valence-corrected chi connectivity index (χ0v) is 20.6. The Kier molecular flexibility index (Phi) is 9.54. The van der Waals surface area contributed by atoms with E-state index in [0.717, 1.165) is 15.9 Å². The highest BCUT2D eigenvalue weighted by Crippen LogP contribution is 2.14. The van der Waals surface area contributed by atoms with Crippen LogP contribution in [-0.2, 0) is 21.2 Å². The summed E-state index contributed by atoms with van der Waals surface area (Å²) in [4.78, 5) is 40.6. The first-order valence-electron chi connectivity index (χ1n) is 10.8. The molecule has 0 fully saturated rings. The molecule has 2 atom stereocenters. The maximum absolute atomic E-state index is 12.9. The molecule has 0 saturated carbocycles. The van der Waals surface area contributed by atoms with E-state index in [2.05, 4.69) is 10.3 Å². The number of hydrogen-bond donors (Lipinski definition) is 3. The van der Waals surface area contributed by atoms with Gasteiger partial charge >= 0.3 is 0 Å². The molecule has 0 bridgehead atoms. The molecule has 0 aliphatic heterocycles. The zero-order valence-electron chi connectivity index (χ0n) is 19.8. The summed E-state index contributed by atoms with van der Waals surface area (Å²) in [7, 11) is -0.866. The monoisotopic (exact) mass is 492 g/mol. The van der Waals surface area contributed by atoms with Crippen LogP contribution in [0.2, 0.25) is 0 Å². The number of aliphatic hydroxyl groups excluding tert-OH is 1. The van der Waals surface area contributed by atoms with E-state index < -0.39 is 52.3 Å². The number of carbonyl (C=O) groups excluding carboxylic acids is 2. The van der Waals surface area contributed by atoms with E-state index in [1.54, 1.807) is 12.1 Å². The predicted octanol–water partition coefficient (Wildman–Crippen LogP) is 0.205. The lowest BCUT2D eigenvalue weighted by atomic mass is 10.0. The summed E-state index contributed by atoms with van der Waals surface area (Å²) in [6.07, 6.45) is 0.189. The smallest absolute Gasteiger partial charge is 0.268 e. The van der Waals surface area contributed by atoms with Crippen molar-refractivity contribution in [2.75, 3.05) is 27.2 Å². The number of hydrogen-bond acceptors (Lipinski definition) is 6. The van der Waals surface area contributed by atoms with Gasteiger partial charge < -0.3 is 20.3 Å². The molecular formula is C23H32N4O6S. The standard InChI is InChI=1S/C23H32N4O6S/c1-16(2)34(32,33)27(15-22(30)26(3)4)14-21(29)19(12-17-8-6-5-7-9-17)25-23(31)20-13-18(28)10-11-24-20/h5-11,13,16,19,21,29H,12,14-15H2,1-4H3,(H,24,28)(H,25,31)/t19-,21+/m0/s1.